The second-order valence-electron chi connectivity index (χ2n) is 5.67. The highest BCUT2D eigenvalue weighted by Crippen LogP contribution is 2.23. The molecular formula is C18H22N2O3S. The minimum absolute atomic E-state index is 0.351. The molecule has 1 amide bonds. The first kappa shape index (κ1) is 18.0. The highest BCUT2D eigenvalue weighted by molar-refractivity contribution is 7.92. The number of nitrogens with zero attached hydrogens (tertiary/aromatic N) is 1. The van der Waals surface area contributed by atoms with Gasteiger partial charge in [-0.1, -0.05) is 42.8 Å². The molecule has 128 valence electrons. The molecule has 0 aliphatic carbocycles. The Morgan fingerprint density at radius 2 is 1.67 bits per heavy atom. The molecule has 1 N–H and O–H groups in total. The highest BCUT2D eigenvalue weighted by atomic mass is 32.2. The van der Waals surface area contributed by atoms with Gasteiger partial charge in [0.25, 0.3) is 0 Å². The third-order valence-electron chi connectivity index (χ3n) is 3.66. The lowest BCUT2D eigenvalue weighted by Crippen LogP contribution is -2.46. The SMILES string of the molecule is CCC(C(=O)Nc1ccc(C)cc1)N(c1ccccc1)S(C)(=O)=O. The molecule has 1 atom stereocenters. The minimum atomic E-state index is -3.60. The number of anilines is 2. The molecule has 0 heterocycles. The van der Waals surface area contributed by atoms with Gasteiger partial charge in [-0.05, 0) is 37.6 Å². The molecule has 0 bridgehead atoms. The standard InChI is InChI=1S/C18H22N2O3S/c1-4-17(18(21)19-15-12-10-14(2)11-13-15)20(24(3,22)23)16-8-6-5-7-9-16/h5-13,17H,4H2,1-3H3,(H,19,21). The molecule has 0 aliphatic rings. The highest BCUT2D eigenvalue weighted by Gasteiger charge is 2.31. The summed E-state index contributed by atoms with van der Waals surface area (Å²) in [6.07, 6.45) is 1.47. The van der Waals surface area contributed by atoms with E-state index < -0.39 is 16.1 Å². The van der Waals surface area contributed by atoms with Crippen molar-refractivity contribution in [2.45, 2.75) is 26.3 Å². The normalized spacial score (nSPS) is 12.5. The van der Waals surface area contributed by atoms with Gasteiger partial charge in [0, 0.05) is 5.69 Å². The smallest absolute Gasteiger partial charge is 0.248 e. The van der Waals surface area contributed by atoms with Crippen LogP contribution in [0.25, 0.3) is 0 Å². The van der Waals surface area contributed by atoms with Crippen LogP contribution in [-0.2, 0) is 14.8 Å². The van der Waals surface area contributed by atoms with Crippen LogP contribution in [0.2, 0.25) is 0 Å². The third-order valence-corrected chi connectivity index (χ3v) is 4.84. The van der Waals surface area contributed by atoms with E-state index in [4.69, 9.17) is 0 Å². The van der Waals surface area contributed by atoms with Crippen LogP contribution in [0.15, 0.2) is 54.6 Å². The summed E-state index contributed by atoms with van der Waals surface area (Å²) >= 11 is 0. The Morgan fingerprint density at radius 1 is 1.08 bits per heavy atom. The summed E-state index contributed by atoms with van der Waals surface area (Å²) in [5.41, 5.74) is 2.21. The van der Waals surface area contributed by atoms with Crippen LogP contribution in [0.1, 0.15) is 18.9 Å². The average Bonchev–Trinajstić information content (AvgIpc) is 2.54. The molecule has 0 saturated carbocycles. The number of carbonyl (C=O) groups is 1. The summed E-state index contributed by atoms with van der Waals surface area (Å²) < 4.78 is 25.7. The fourth-order valence-corrected chi connectivity index (χ4v) is 3.71. The van der Waals surface area contributed by atoms with Crippen molar-refractivity contribution in [1.82, 2.24) is 0 Å². The molecule has 0 fully saturated rings. The molecule has 0 aliphatic heterocycles. The van der Waals surface area contributed by atoms with Crippen molar-refractivity contribution in [1.29, 1.82) is 0 Å². The topological polar surface area (TPSA) is 66.5 Å². The number of sulfonamides is 1. The van der Waals surface area contributed by atoms with E-state index in [9.17, 15) is 13.2 Å². The number of rotatable bonds is 6. The Labute approximate surface area is 143 Å². The second kappa shape index (κ2) is 7.49. The van der Waals surface area contributed by atoms with E-state index in [1.807, 2.05) is 19.1 Å². The first-order chi connectivity index (χ1) is 11.3. The Hall–Kier alpha value is -2.34. The lowest BCUT2D eigenvalue weighted by atomic mass is 10.1. The number of nitrogens with one attached hydrogen (secondary N) is 1. The summed E-state index contributed by atoms with van der Waals surface area (Å²) in [6.45, 7) is 3.75. The van der Waals surface area contributed by atoms with E-state index in [-0.39, 0.29) is 5.91 Å². The van der Waals surface area contributed by atoms with Crippen molar-refractivity contribution in [3.63, 3.8) is 0 Å². The maximum absolute atomic E-state index is 12.7. The van der Waals surface area contributed by atoms with Crippen molar-refractivity contribution in [2.24, 2.45) is 0 Å². The zero-order valence-corrected chi connectivity index (χ0v) is 14.9. The van der Waals surface area contributed by atoms with Gasteiger partial charge in [-0.3, -0.25) is 9.10 Å². The molecule has 0 spiro atoms. The number of amides is 1. The van der Waals surface area contributed by atoms with Gasteiger partial charge in [-0.15, -0.1) is 0 Å². The van der Waals surface area contributed by atoms with Crippen molar-refractivity contribution >= 4 is 27.3 Å². The lowest BCUT2D eigenvalue weighted by molar-refractivity contribution is -0.117. The monoisotopic (exact) mass is 346 g/mol. The minimum Gasteiger partial charge on any atom is -0.324 e. The molecule has 24 heavy (non-hydrogen) atoms. The number of hydrogen-bond acceptors (Lipinski definition) is 3. The summed E-state index contributed by atoms with van der Waals surface area (Å²) in [4.78, 5) is 12.7. The molecule has 0 aromatic heterocycles. The zero-order chi connectivity index (χ0) is 17.7. The van der Waals surface area contributed by atoms with E-state index in [0.717, 1.165) is 11.8 Å². The Balaban J connectivity index is 2.32. The van der Waals surface area contributed by atoms with Gasteiger partial charge in [-0.2, -0.15) is 0 Å². The molecule has 0 radical (unpaired) electrons. The van der Waals surface area contributed by atoms with Gasteiger partial charge in [0.15, 0.2) is 0 Å². The van der Waals surface area contributed by atoms with Crippen molar-refractivity contribution in [3.05, 3.63) is 60.2 Å². The van der Waals surface area contributed by atoms with E-state index in [1.54, 1.807) is 49.4 Å². The Morgan fingerprint density at radius 3 is 2.17 bits per heavy atom. The van der Waals surface area contributed by atoms with Crippen LogP contribution in [0, 0.1) is 6.92 Å². The van der Waals surface area contributed by atoms with E-state index in [1.165, 1.54) is 4.31 Å². The number of para-hydroxylation sites is 1. The van der Waals surface area contributed by atoms with Gasteiger partial charge < -0.3 is 5.32 Å². The molecular weight excluding hydrogens is 324 g/mol. The fraction of sp³-hybridized carbons (Fsp3) is 0.278. The first-order valence-electron chi connectivity index (χ1n) is 7.75. The molecule has 5 nitrogen and oxygen atoms in total. The number of carbonyl (C=O) groups excluding carboxylic acids is 1. The quantitative estimate of drug-likeness (QED) is 0.873. The van der Waals surface area contributed by atoms with Gasteiger partial charge in [0.05, 0.1) is 11.9 Å². The second-order valence-corrected chi connectivity index (χ2v) is 7.53. The van der Waals surface area contributed by atoms with Crippen LogP contribution in [0.5, 0.6) is 0 Å². The maximum Gasteiger partial charge on any atom is 0.248 e. The van der Waals surface area contributed by atoms with E-state index in [0.29, 0.717) is 17.8 Å². The fourth-order valence-electron chi connectivity index (χ4n) is 2.50. The summed E-state index contributed by atoms with van der Waals surface area (Å²) in [5, 5.41) is 2.80. The average molecular weight is 346 g/mol. The van der Waals surface area contributed by atoms with Crippen molar-refractivity contribution in [2.75, 3.05) is 15.9 Å². The molecule has 0 saturated heterocycles. The Bertz CT molecular complexity index is 787. The van der Waals surface area contributed by atoms with Crippen LogP contribution < -0.4 is 9.62 Å². The molecule has 2 aromatic rings. The Kier molecular flexibility index (Phi) is 5.62. The van der Waals surface area contributed by atoms with Gasteiger partial charge in [-0.25, -0.2) is 8.42 Å². The summed E-state index contributed by atoms with van der Waals surface area (Å²) in [5.74, 6) is -0.351. The number of benzene rings is 2. The molecule has 2 aromatic carbocycles. The summed E-state index contributed by atoms with van der Waals surface area (Å²) in [7, 11) is -3.60. The molecule has 6 heteroatoms. The van der Waals surface area contributed by atoms with E-state index in [2.05, 4.69) is 5.32 Å². The van der Waals surface area contributed by atoms with Crippen molar-refractivity contribution in [3.8, 4) is 0 Å². The van der Waals surface area contributed by atoms with Crippen molar-refractivity contribution < 1.29 is 13.2 Å². The largest absolute Gasteiger partial charge is 0.324 e. The predicted octanol–water partition coefficient (Wildman–Crippen LogP) is 3.18. The predicted molar refractivity (Wildman–Crippen MR) is 97.7 cm³/mol. The van der Waals surface area contributed by atoms with Gasteiger partial charge in [0.1, 0.15) is 6.04 Å². The van der Waals surface area contributed by atoms with Crippen LogP contribution in [0.3, 0.4) is 0 Å². The van der Waals surface area contributed by atoms with E-state index >= 15 is 0 Å². The summed E-state index contributed by atoms with van der Waals surface area (Å²) in [6, 6.07) is 15.2. The first-order valence-corrected chi connectivity index (χ1v) is 9.59. The zero-order valence-electron chi connectivity index (χ0n) is 14.1. The van der Waals surface area contributed by atoms with Crippen LogP contribution >= 0.6 is 0 Å². The van der Waals surface area contributed by atoms with Gasteiger partial charge >= 0.3 is 0 Å². The number of hydrogen-bond donors (Lipinski definition) is 1. The lowest BCUT2D eigenvalue weighted by Gasteiger charge is -2.30. The third kappa shape index (κ3) is 4.35. The van der Waals surface area contributed by atoms with Crippen LogP contribution in [-0.4, -0.2) is 26.6 Å². The molecule has 2 rings (SSSR count). The maximum atomic E-state index is 12.7. The van der Waals surface area contributed by atoms with Crippen LogP contribution in [0.4, 0.5) is 11.4 Å². The van der Waals surface area contributed by atoms with Gasteiger partial charge in [0.2, 0.25) is 15.9 Å². The molecule has 1 unspecified atom stereocenters. The number of aryl methyl sites for hydroxylation is 1.